The van der Waals surface area contributed by atoms with Crippen LogP contribution in [0.2, 0.25) is 0 Å². The minimum absolute atomic E-state index is 0.229. The predicted octanol–water partition coefficient (Wildman–Crippen LogP) is 0.854. The summed E-state index contributed by atoms with van der Waals surface area (Å²) < 4.78 is 19.1. The fraction of sp³-hybridized carbons (Fsp3) is 0.381. The predicted molar refractivity (Wildman–Crippen MR) is 103 cm³/mol. The number of rotatable bonds is 5. The molecule has 0 saturated carbocycles. The van der Waals surface area contributed by atoms with Crippen molar-refractivity contribution in [1.29, 1.82) is 0 Å². The summed E-state index contributed by atoms with van der Waals surface area (Å²) >= 11 is 0. The minimum atomic E-state index is -1.21. The summed E-state index contributed by atoms with van der Waals surface area (Å²) in [7, 11) is 0. The van der Waals surface area contributed by atoms with Crippen LogP contribution < -0.4 is 10.6 Å². The summed E-state index contributed by atoms with van der Waals surface area (Å²) in [4.78, 5) is 31.8. The molecule has 3 heterocycles. The van der Waals surface area contributed by atoms with Crippen LogP contribution >= 0.6 is 0 Å². The second-order valence-corrected chi connectivity index (χ2v) is 7.42. The van der Waals surface area contributed by atoms with Gasteiger partial charge in [-0.3, -0.25) is 19.5 Å². The zero-order chi connectivity index (χ0) is 20.3. The Morgan fingerprint density at radius 2 is 2.14 bits per heavy atom. The monoisotopic (exact) mass is 398 g/mol. The Balaban J connectivity index is 1.50. The van der Waals surface area contributed by atoms with Crippen LogP contribution in [0.1, 0.15) is 11.1 Å². The highest BCUT2D eigenvalue weighted by Gasteiger charge is 2.57. The number of amides is 2. The number of carbonyl (C=O) groups is 2. The Bertz CT molecular complexity index is 877. The number of nitrogens with one attached hydrogen (secondary N) is 2. The smallest absolute Gasteiger partial charge is 0.254 e. The van der Waals surface area contributed by atoms with Crippen molar-refractivity contribution in [2.75, 3.05) is 26.2 Å². The first kappa shape index (κ1) is 19.5. The summed E-state index contributed by atoms with van der Waals surface area (Å²) in [5.41, 5.74) is 0.580. The lowest BCUT2D eigenvalue weighted by Crippen LogP contribution is -2.61. The molecule has 2 aliphatic heterocycles. The first-order valence-corrected chi connectivity index (χ1v) is 9.62. The fourth-order valence-electron chi connectivity index (χ4n) is 3.98. The van der Waals surface area contributed by atoms with Gasteiger partial charge >= 0.3 is 0 Å². The third kappa shape index (κ3) is 4.13. The van der Waals surface area contributed by atoms with E-state index in [0.29, 0.717) is 39.3 Å². The Morgan fingerprint density at radius 3 is 2.86 bits per heavy atom. The van der Waals surface area contributed by atoms with Crippen LogP contribution in [-0.2, 0) is 27.4 Å². The largest absolute Gasteiger partial charge is 0.361 e. The highest BCUT2D eigenvalue weighted by Crippen LogP contribution is 2.34. The van der Waals surface area contributed by atoms with E-state index in [1.165, 1.54) is 12.1 Å². The molecule has 2 aliphatic rings. The van der Waals surface area contributed by atoms with Gasteiger partial charge in [0.2, 0.25) is 5.91 Å². The van der Waals surface area contributed by atoms with Crippen molar-refractivity contribution in [1.82, 2.24) is 20.5 Å². The number of carbonyl (C=O) groups excluding carboxylic acids is 2. The number of aromatic nitrogens is 1. The molecule has 1 spiro atoms. The fourth-order valence-corrected chi connectivity index (χ4v) is 3.98. The molecular weight excluding hydrogens is 375 g/mol. The molecule has 1 aromatic carbocycles. The molecule has 29 heavy (non-hydrogen) atoms. The van der Waals surface area contributed by atoms with Gasteiger partial charge < -0.3 is 15.4 Å². The summed E-state index contributed by atoms with van der Waals surface area (Å²) in [5.74, 6) is -1.42. The van der Waals surface area contributed by atoms with E-state index in [1.54, 1.807) is 30.6 Å². The van der Waals surface area contributed by atoms with Gasteiger partial charge in [-0.2, -0.15) is 0 Å². The average molecular weight is 398 g/mol. The highest BCUT2D eigenvalue weighted by molar-refractivity contribution is 5.94. The number of pyridine rings is 1. The topological polar surface area (TPSA) is 83.6 Å². The van der Waals surface area contributed by atoms with Crippen molar-refractivity contribution in [3.05, 3.63) is 65.7 Å². The van der Waals surface area contributed by atoms with Gasteiger partial charge in [0, 0.05) is 45.1 Å². The molecule has 2 aromatic rings. The van der Waals surface area contributed by atoms with E-state index < -0.39 is 11.5 Å². The molecule has 7 nitrogen and oxygen atoms in total. The quantitative estimate of drug-likeness (QED) is 0.781. The average Bonchev–Trinajstić information content (AvgIpc) is 3.10. The van der Waals surface area contributed by atoms with Gasteiger partial charge in [-0.05, 0) is 29.3 Å². The number of hydrogen-bond donors (Lipinski definition) is 2. The molecule has 2 fully saturated rings. The van der Waals surface area contributed by atoms with E-state index in [9.17, 15) is 14.0 Å². The molecule has 0 aliphatic carbocycles. The first-order valence-electron chi connectivity index (χ1n) is 9.62. The zero-order valence-corrected chi connectivity index (χ0v) is 15.9. The normalized spacial score (nSPS) is 24.4. The van der Waals surface area contributed by atoms with Crippen molar-refractivity contribution in [2.45, 2.75) is 18.7 Å². The van der Waals surface area contributed by atoms with Crippen molar-refractivity contribution in [3.8, 4) is 0 Å². The third-order valence-electron chi connectivity index (χ3n) is 5.42. The van der Waals surface area contributed by atoms with E-state index in [2.05, 4.69) is 15.6 Å². The van der Waals surface area contributed by atoms with Crippen LogP contribution in [0.5, 0.6) is 0 Å². The Morgan fingerprint density at radius 1 is 1.31 bits per heavy atom. The molecule has 2 amide bonds. The second-order valence-electron chi connectivity index (χ2n) is 7.42. The lowest BCUT2D eigenvalue weighted by molar-refractivity contribution is -0.163. The van der Waals surface area contributed by atoms with Crippen LogP contribution in [0, 0.1) is 11.7 Å². The van der Waals surface area contributed by atoms with Crippen LogP contribution in [-0.4, -0.2) is 53.5 Å². The van der Waals surface area contributed by atoms with Gasteiger partial charge in [0.1, 0.15) is 5.82 Å². The molecule has 8 heteroatoms. The van der Waals surface area contributed by atoms with E-state index in [4.69, 9.17) is 4.74 Å². The number of nitrogens with zero attached hydrogens (tertiary/aromatic N) is 2. The molecule has 2 saturated heterocycles. The van der Waals surface area contributed by atoms with Gasteiger partial charge in [-0.25, -0.2) is 4.39 Å². The van der Waals surface area contributed by atoms with Crippen LogP contribution in [0.4, 0.5) is 4.39 Å². The lowest BCUT2D eigenvalue weighted by Gasteiger charge is -2.36. The maximum Gasteiger partial charge on any atom is 0.254 e. The molecule has 4 rings (SSSR count). The van der Waals surface area contributed by atoms with Gasteiger partial charge in [0.25, 0.3) is 5.91 Å². The van der Waals surface area contributed by atoms with E-state index in [-0.39, 0.29) is 17.6 Å². The Hall–Kier alpha value is -2.84. The Labute approximate surface area is 168 Å². The number of ether oxygens (including phenoxy) is 1. The number of benzene rings is 1. The van der Waals surface area contributed by atoms with E-state index >= 15 is 0 Å². The van der Waals surface area contributed by atoms with Gasteiger partial charge in [0.05, 0.1) is 12.5 Å². The standard InChI is InChI=1S/C21H23FN4O3/c22-17-5-3-15(4-6-17)12-26-13-18(21(14-26)20(28)24-8-9-29-21)19(27)25-11-16-2-1-7-23-10-16/h1-7,10,18H,8-9,11-14H2,(H,24,28)(H,25,27)/t18-,21-/m1/s1. The van der Waals surface area contributed by atoms with Crippen molar-refractivity contribution < 1.29 is 18.7 Å². The molecule has 0 bridgehead atoms. The number of hydrogen-bond acceptors (Lipinski definition) is 5. The molecule has 152 valence electrons. The maximum atomic E-state index is 13.2. The number of likely N-dealkylation sites (tertiary alicyclic amines) is 1. The van der Waals surface area contributed by atoms with E-state index in [1.807, 2.05) is 11.0 Å². The molecule has 0 unspecified atom stereocenters. The van der Waals surface area contributed by atoms with Crippen LogP contribution in [0.15, 0.2) is 48.8 Å². The molecule has 2 N–H and O–H groups in total. The highest BCUT2D eigenvalue weighted by atomic mass is 19.1. The molecule has 1 aromatic heterocycles. The summed E-state index contributed by atoms with van der Waals surface area (Å²) in [6.07, 6.45) is 3.36. The molecule has 2 atom stereocenters. The lowest BCUT2D eigenvalue weighted by atomic mass is 9.87. The van der Waals surface area contributed by atoms with Gasteiger partial charge in [-0.15, -0.1) is 0 Å². The van der Waals surface area contributed by atoms with Crippen molar-refractivity contribution in [2.24, 2.45) is 5.92 Å². The van der Waals surface area contributed by atoms with E-state index in [0.717, 1.165) is 11.1 Å². The van der Waals surface area contributed by atoms with Crippen LogP contribution in [0.25, 0.3) is 0 Å². The third-order valence-corrected chi connectivity index (χ3v) is 5.42. The minimum Gasteiger partial charge on any atom is -0.361 e. The summed E-state index contributed by atoms with van der Waals surface area (Å²) in [6.45, 7) is 2.32. The molecular formula is C21H23FN4O3. The SMILES string of the molecule is O=C(NCc1cccnc1)[C@H]1CN(Cc2ccc(F)cc2)C[C@@]12OCCNC2=O. The van der Waals surface area contributed by atoms with Crippen molar-refractivity contribution in [3.63, 3.8) is 0 Å². The zero-order valence-electron chi connectivity index (χ0n) is 15.9. The summed E-state index contributed by atoms with van der Waals surface area (Å²) in [5, 5.41) is 5.74. The maximum absolute atomic E-state index is 13.2. The van der Waals surface area contributed by atoms with Gasteiger partial charge in [0.15, 0.2) is 5.60 Å². The number of morpholine rings is 1. The summed E-state index contributed by atoms with van der Waals surface area (Å²) in [6, 6.07) is 9.91. The second kappa shape index (κ2) is 8.26. The molecule has 0 radical (unpaired) electrons. The van der Waals surface area contributed by atoms with Crippen LogP contribution in [0.3, 0.4) is 0 Å². The van der Waals surface area contributed by atoms with Gasteiger partial charge in [-0.1, -0.05) is 18.2 Å². The van der Waals surface area contributed by atoms with Crippen molar-refractivity contribution >= 4 is 11.8 Å². The Kier molecular flexibility index (Phi) is 5.55. The number of halogens is 1. The first-order chi connectivity index (χ1) is 14.1.